The summed E-state index contributed by atoms with van der Waals surface area (Å²) in [5, 5.41) is 11.2. The van der Waals surface area contributed by atoms with Crippen LogP contribution in [-0.2, 0) is 17.8 Å². The maximum absolute atomic E-state index is 12.4. The molecule has 0 aliphatic carbocycles. The van der Waals surface area contributed by atoms with E-state index in [0.29, 0.717) is 0 Å². The fraction of sp³-hybridized carbons (Fsp3) is 0.278. The van der Waals surface area contributed by atoms with E-state index in [-0.39, 0.29) is 18.5 Å². The van der Waals surface area contributed by atoms with Crippen LogP contribution >= 0.6 is 15.9 Å². The molecule has 3 aromatic rings. The number of carbonyl (C=O) groups excluding carboxylic acids is 1. The Morgan fingerprint density at radius 1 is 1.21 bits per heavy atom. The third-order valence-corrected chi connectivity index (χ3v) is 4.50. The van der Waals surface area contributed by atoms with E-state index >= 15 is 0 Å². The first-order chi connectivity index (χ1) is 11.7. The lowest BCUT2D eigenvalue weighted by molar-refractivity contribution is -0.122. The number of para-hydroxylation sites is 1. The fourth-order valence-electron chi connectivity index (χ4n) is 2.65. The molecule has 0 spiro atoms. The Morgan fingerprint density at radius 3 is 2.71 bits per heavy atom. The first-order valence-corrected chi connectivity index (χ1v) is 8.77. The molecule has 6 heteroatoms. The van der Waals surface area contributed by atoms with Crippen molar-refractivity contribution in [2.45, 2.75) is 32.4 Å². The summed E-state index contributed by atoms with van der Waals surface area (Å²) in [6.45, 7) is 2.26. The number of nitrogens with zero attached hydrogens (tertiary/aromatic N) is 3. The van der Waals surface area contributed by atoms with Crippen LogP contribution in [0, 0.1) is 0 Å². The molecule has 0 bridgehead atoms. The highest BCUT2D eigenvalue weighted by Gasteiger charge is 2.13. The third kappa shape index (κ3) is 4.00. The minimum Gasteiger partial charge on any atom is -0.351 e. The standard InChI is InChI=1S/C18H19BrN4O/c1-2-15(11-13-7-9-14(19)10-8-13)20-18(24)12-23-17-6-4-3-5-16(17)21-22-23/h3-10,15H,2,11-12H2,1H3,(H,20,24). The number of halogens is 1. The summed E-state index contributed by atoms with van der Waals surface area (Å²) >= 11 is 3.44. The Balaban J connectivity index is 1.63. The van der Waals surface area contributed by atoms with Crippen molar-refractivity contribution in [1.29, 1.82) is 0 Å². The number of amides is 1. The van der Waals surface area contributed by atoms with Crippen LogP contribution in [0.1, 0.15) is 18.9 Å². The summed E-state index contributed by atoms with van der Waals surface area (Å²) in [7, 11) is 0. The van der Waals surface area contributed by atoms with Crippen molar-refractivity contribution < 1.29 is 4.79 Å². The minimum absolute atomic E-state index is 0.0467. The van der Waals surface area contributed by atoms with Crippen LogP contribution in [0.2, 0.25) is 0 Å². The zero-order chi connectivity index (χ0) is 16.9. The van der Waals surface area contributed by atoms with Gasteiger partial charge in [0.2, 0.25) is 5.91 Å². The van der Waals surface area contributed by atoms with E-state index in [2.05, 4.69) is 50.6 Å². The normalized spacial score (nSPS) is 12.2. The van der Waals surface area contributed by atoms with E-state index in [9.17, 15) is 4.79 Å². The van der Waals surface area contributed by atoms with E-state index in [1.807, 2.05) is 36.4 Å². The van der Waals surface area contributed by atoms with Crippen molar-refractivity contribution in [3.63, 3.8) is 0 Å². The molecule has 1 unspecified atom stereocenters. The van der Waals surface area contributed by atoms with Gasteiger partial charge in [-0.15, -0.1) is 5.10 Å². The van der Waals surface area contributed by atoms with Gasteiger partial charge in [-0.05, 0) is 42.7 Å². The van der Waals surface area contributed by atoms with Crippen molar-refractivity contribution in [2.24, 2.45) is 0 Å². The molecule has 0 aliphatic rings. The lowest BCUT2D eigenvalue weighted by atomic mass is 10.0. The maximum atomic E-state index is 12.4. The topological polar surface area (TPSA) is 59.8 Å². The number of nitrogens with one attached hydrogen (secondary N) is 1. The van der Waals surface area contributed by atoms with Crippen molar-refractivity contribution >= 4 is 32.9 Å². The average molecular weight is 387 g/mol. The van der Waals surface area contributed by atoms with Gasteiger partial charge in [-0.1, -0.05) is 52.3 Å². The Bertz CT molecular complexity index is 828. The molecule has 5 nitrogen and oxygen atoms in total. The van der Waals surface area contributed by atoms with Gasteiger partial charge in [-0.3, -0.25) is 4.79 Å². The number of rotatable bonds is 6. The van der Waals surface area contributed by atoms with E-state index in [1.165, 1.54) is 5.56 Å². The molecule has 3 rings (SSSR count). The molecule has 0 aliphatic heterocycles. The summed E-state index contributed by atoms with van der Waals surface area (Å²) in [6, 6.07) is 15.9. The summed E-state index contributed by atoms with van der Waals surface area (Å²) in [4.78, 5) is 12.4. The van der Waals surface area contributed by atoms with Gasteiger partial charge in [0.15, 0.2) is 0 Å². The molecular formula is C18H19BrN4O. The number of benzene rings is 2. The highest BCUT2D eigenvalue weighted by molar-refractivity contribution is 9.10. The second-order valence-corrected chi connectivity index (χ2v) is 6.65. The molecular weight excluding hydrogens is 368 g/mol. The highest BCUT2D eigenvalue weighted by Crippen LogP contribution is 2.13. The monoisotopic (exact) mass is 386 g/mol. The molecule has 0 saturated carbocycles. The molecule has 1 atom stereocenters. The lowest BCUT2D eigenvalue weighted by Gasteiger charge is -2.17. The van der Waals surface area contributed by atoms with Crippen LogP contribution in [0.15, 0.2) is 53.0 Å². The van der Waals surface area contributed by atoms with Gasteiger partial charge in [-0.25, -0.2) is 4.68 Å². The third-order valence-electron chi connectivity index (χ3n) is 3.97. The molecule has 1 N–H and O–H groups in total. The Morgan fingerprint density at radius 2 is 1.96 bits per heavy atom. The molecule has 0 fully saturated rings. The van der Waals surface area contributed by atoms with E-state index in [1.54, 1.807) is 4.68 Å². The van der Waals surface area contributed by atoms with Gasteiger partial charge in [0.1, 0.15) is 12.1 Å². The Labute approximate surface area is 149 Å². The van der Waals surface area contributed by atoms with Gasteiger partial charge in [0.25, 0.3) is 0 Å². The molecule has 1 heterocycles. The van der Waals surface area contributed by atoms with Gasteiger partial charge >= 0.3 is 0 Å². The molecule has 1 aromatic heterocycles. The van der Waals surface area contributed by atoms with Crippen molar-refractivity contribution in [3.8, 4) is 0 Å². The van der Waals surface area contributed by atoms with Gasteiger partial charge in [-0.2, -0.15) is 0 Å². The molecule has 0 saturated heterocycles. The molecule has 2 aromatic carbocycles. The van der Waals surface area contributed by atoms with E-state index in [4.69, 9.17) is 0 Å². The van der Waals surface area contributed by atoms with Crippen LogP contribution in [0.5, 0.6) is 0 Å². The summed E-state index contributed by atoms with van der Waals surface area (Å²) in [6.07, 6.45) is 1.69. The summed E-state index contributed by atoms with van der Waals surface area (Å²) in [5.41, 5.74) is 2.87. The first-order valence-electron chi connectivity index (χ1n) is 7.97. The number of hydrogen-bond donors (Lipinski definition) is 1. The fourth-order valence-corrected chi connectivity index (χ4v) is 2.91. The van der Waals surface area contributed by atoms with Crippen LogP contribution < -0.4 is 5.32 Å². The molecule has 0 radical (unpaired) electrons. The smallest absolute Gasteiger partial charge is 0.242 e. The number of hydrogen-bond acceptors (Lipinski definition) is 3. The highest BCUT2D eigenvalue weighted by atomic mass is 79.9. The molecule has 124 valence electrons. The van der Waals surface area contributed by atoms with Crippen LogP contribution in [-0.4, -0.2) is 26.9 Å². The van der Waals surface area contributed by atoms with Gasteiger partial charge in [0.05, 0.1) is 5.52 Å². The average Bonchev–Trinajstić information content (AvgIpc) is 2.99. The van der Waals surface area contributed by atoms with E-state index in [0.717, 1.165) is 28.3 Å². The molecule has 24 heavy (non-hydrogen) atoms. The number of carbonyl (C=O) groups is 1. The summed E-state index contributed by atoms with van der Waals surface area (Å²) in [5.74, 6) is -0.0467. The second-order valence-electron chi connectivity index (χ2n) is 5.74. The van der Waals surface area contributed by atoms with Crippen LogP contribution in [0.25, 0.3) is 11.0 Å². The maximum Gasteiger partial charge on any atom is 0.242 e. The van der Waals surface area contributed by atoms with Crippen molar-refractivity contribution in [3.05, 3.63) is 58.6 Å². The summed E-state index contributed by atoms with van der Waals surface area (Å²) < 4.78 is 2.69. The lowest BCUT2D eigenvalue weighted by Crippen LogP contribution is -2.38. The number of fused-ring (bicyclic) bond motifs is 1. The van der Waals surface area contributed by atoms with Gasteiger partial charge < -0.3 is 5.32 Å². The first kappa shape index (κ1) is 16.6. The predicted octanol–water partition coefficient (Wildman–Crippen LogP) is 3.33. The van der Waals surface area contributed by atoms with Crippen molar-refractivity contribution in [2.75, 3.05) is 0 Å². The van der Waals surface area contributed by atoms with Crippen LogP contribution in [0.4, 0.5) is 0 Å². The van der Waals surface area contributed by atoms with Crippen molar-refractivity contribution in [1.82, 2.24) is 20.3 Å². The van der Waals surface area contributed by atoms with E-state index < -0.39 is 0 Å². The SMILES string of the molecule is CCC(Cc1ccc(Br)cc1)NC(=O)Cn1nnc2ccccc21. The Kier molecular flexibility index (Phi) is 5.25. The molecule has 1 amide bonds. The predicted molar refractivity (Wildman–Crippen MR) is 97.6 cm³/mol. The minimum atomic E-state index is -0.0467. The second kappa shape index (κ2) is 7.57. The Hall–Kier alpha value is -2.21. The zero-order valence-electron chi connectivity index (χ0n) is 13.4. The van der Waals surface area contributed by atoms with Gasteiger partial charge in [0, 0.05) is 10.5 Å². The number of aromatic nitrogens is 3. The quantitative estimate of drug-likeness (QED) is 0.706. The largest absolute Gasteiger partial charge is 0.351 e. The van der Waals surface area contributed by atoms with Crippen LogP contribution in [0.3, 0.4) is 0 Å². The zero-order valence-corrected chi connectivity index (χ0v) is 15.0.